The molecule has 94 valence electrons. The molecule has 0 aliphatic heterocycles. The van der Waals surface area contributed by atoms with Gasteiger partial charge in [-0.2, -0.15) is 0 Å². The molecular weight excluding hydrogens is 236 g/mol. The van der Waals surface area contributed by atoms with Gasteiger partial charge in [-0.15, -0.1) is 0 Å². The van der Waals surface area contributed by atoms with E-state index >= 15 is 0 Å². The van der Waals surface area contributed by atoms with E-state index < -0.39 is 0 Å². The zero-order valence-electron chi connectivity index (χ0n) is 10.3. The lowest BCUT2D eigenvalue weighted by Gasteiger charge is -2.12. The Bertz CT molecular complexity index is 368. The summed E-state index contributed by atoms with van der Waals surface area (Å²) in [6.45, 7) is 4.63. The molecule has 0 saturated carbocycles. The van der Waals surface area contributed by atoms with Crippen LogP contribution in [0.4, 0.5) is 4.79 Å². The van der Waals surface area contributed by atoms with Crippen molar-refractivity contribution in [2.24, 2.45) is 0 Å². The average molecular weight is 255 g/mol. The molecule has 1 aromatic carbocycles. The second-order valence-electron chi connectivity index (χ2n) is 4.09. The molecule has 0 radical (unpaired) electrons. The second-order valence-corrected chi connectivity index (χ2v) is 4.53. The summed E-state index contributed by atoms with van der Waals surface area (Å²) in [7, 11) is 0. The lowest BCUT2D eigenvalue weighted by molar-refractivity contribution is 0.237. The summed E-state index contributed by atoms with van der Waals surface area (Å²) >= 11 is 5.87. The fraction of sp³-hybridized carbons (Fsp3) is 0.462. The molecule has 1 aromatic rings. The molecule has 0 spiro atoms. The smallest absolute Gasteiger partial charge is 0.315 e. The van der Waals surface area contributed by atoms with Crippen LogP contribution in [0.2, 0.25) is 5.02 Å². The highest BCUT2D eigenvalue weighted by Crippen LogP contribution is 2.10. The number of amides is 2. The Morgan fingerprint density at radius 2 is 2.24 bits per heavy atom. The molecule has 0 aliphatic rings. The summed E-state index contributed by atoms with van der Waals surface area (Å²) in [6.07, 6.45) is 1.72. The highest BCUT2D eigenvalue weighted by molar-refractivity contribution is 6.30. The Labute approximate surface area is 108 Å². The van der Waals surface area contributed by atoms with Crippen LogP contribution in [-0.4, -0.2) is 18.6 Å². The molecule has 0 aromatic heterocycles. The molecule has 1 rings (SSSR count). The van der Waals surface area contributed by atoms with E-state index in [2.05, 4.69) is 10.6 Å². The minimum atomic E-state index is -0.110. The Kier molecular flexibility index (Phi) is 5.84. The molecule has 4 heteroatoms. The third kappa shape index (κ3) is 5.59. The first-order valence-corrected chi connectivity index (χ1v) is 6.28. The topological polar surface area (TPSA) is 41.1 Å². The van der Waals surface area contributed by atoms with Crippen molar-refractivity contribution in [3.63, 3.8) is 0 Å². The van der Waals surface area contributed by atoms with E-state index in [9.17, 15) is 4.79 Å². The molecular formula is C13H19ClN2O. The van der Waals surface area contributed by atoms with E-state index in [1.807, 2.05) is 38.1 Å². The van der Waals surface area contributed by atoms with Gasteiger partial charge in [0.2, 0.25) is 0 Å². The summed E-state index contributed by atoms with van der Waals surface area (Å²) in [5, 5.41) is 6.40. The van der Waals surface area contributed by atoms with Gasteiger partial charge in [0.1, 0.15) is 0 Å². The van der Waals surface area contributed by atoms with Gasteiger partial charge in [0.05, 0.1) is 0 Å². The van der Waals surface area contributed by atoms with Crippen molar-refractivity contribution >= 4 is 17.6 Å². The maximum absolute atomic E-state index is 11.4. The van der Waals surface area contributed by atoms with Crippen molar-refractivity contribution in [3.05, 3.63) is 34.9 Å². The molecule has 3 nitrogen and oxygen atoms in total. The highest BCUT2D eigenvalue weighted by atomic mass is 35.5. The standard InChI is InChI=1S/C13H19ClN2O/c1-3-10(2)16-13(17)15-8-7-11-5-4-6-12(14)9-11/h4-6,9-10H,3,7-8H2,1-2H3,(H2,15,16,17)/t10-/m0/s1. The Morgan fingerprint density at radius 1 is 1.47 bits per heavy atom. The molecule has 0 bridgehead atoms. The molecule has 2 N–H and O–H groups in total. The SMILES string of the molecule is CC[C@H](C)NC(=O)NCCc1cccc(Cl)c1. The van der Waals surface area contributed by atoms with Crippen molar-refractivity contribution in [2.75, 3.05) is 6.54 Å². The third-order valence-electron chi connectivity index (χ3n) is 2.58. The van der Waals surface area contributed by atoms with E-state index in [0.717, 1.165) is 23.4 Å². The highest BCUT2D eigenvalue weighted by Gasteiger charge is 2.03. The number of urea groups is 1. The summed E-state index contributed by atoms with van der Waals surface area (Å²) < 4.78 is 0. The van der Waals surface area contributed by atoms with Gasteiger partial charge in [-0.25, -0.2) is 4.79 Å². The van der Waals surface area contributed by atoms with Crippen LogP contribution in [0.1, 0.15) is 25.8 Å². The van der Waals surface area contributed by atoms with Gasteiger partial charge in [-0.3, -0.25) is 0 Å². The van der Waals surface area contributed by atoms with Crippen LogP contribution in [0.5, 0.6) is 0 Å². The van der Waals surface area contributed by atoms with E-state index in [0.29, 0.717) is 6.54 Å². The first kappa shape index (κ1) is 13.8. The fourth-order valence-corrected chi connectivity index (χ4v) is 1.60. The molecule has 17 heavy (non-hydrogen) atoms. The zero-order chi connectivity index (χ0) is 12.7. The number of hydrogen-bond donors (Lipinski definition) is 2. The minimum Gasteiger partial charge on any atom is -0.338 e. The summed E-state index contributed by atoms with van der Waals surface area (Å²) in [5.41, 5.74) is 1.13. The predicted octanol–water partition coefficient (Wildman–Crippen LogP) is 2.98. The average Bonchev–Trinajstić information content (AvgIpc) is 2.29. The van der Waals surface area contributed by atoms with Gasteiger partial charge in [0, 0.05) is 17.6 Å². The van der Waals surface area contributed by atoms with Gasteiger partial charge in [0.15, 0.2) is 0 Å². The largest absolute Gasteiger partial charge is 0.338 e. The number of benzene rings is 1. The Morgan fingerprint density at radius 3 is 2.88 bits per heavy atom. The monoisotopic (exact) mass is 254 g/mol. The van der Waals surface area contributed by atoms with Crippen LogP contribution >= 0.6 is 11.6 Å². The Balaban J connectivity index is 2.26. The van der Waals surface area contributed by atoms with Crippen LogP contribution < -0.4 is 10.6 Å². The predicted molar refractivity (Wildman–Crippen MR) is 71.4 cm³/mol. The number of nitrogens with one attached hydrogen (secondary N) is 2. The molecule has 0 unspecified atom stereocenters. The van der Waals surface area contributed by atoms with Crippen molar-refractivity contribution in [1.82, 2.24) is 10.6 Å². The van der Waals surface area contributed by atoms with Gasteiger partial charge < -0.3 is 10.6 Å². The van der Waals surface area contributed by atoms with Gasteiger partial charge in [0.25, 0.3) is 0 Å². The first-order valence-electron chi connectivity index (χ1n) is 5.90. The molecule has 0 fully saturated rings. The van der Waals surface area contributed by atoms with Crippen molar-refractivity contribution < 1.29 is 4.79 Å². The van der Waals surface area contributed by atoms with Crippen LogP contribution in [0.3, 0.4) is 0 Å². The van der Waals surface area contributed by atoms with E-state index in [4.69, 9.17) is 11.6 Å². The van der Waals surface area contributed by atoms with Crippen molar-refractivity contribution in [1.29, 1.82) is 0 Å². The maximum atomic E-state index is 11.4. The van der Waals surface area contributed by atoms with Gasteiger partial charge in [-0.05, 0) is 37.5 Å². The lowest BCUT2D eigenvalue weighted by atomic mass is 10.1. The lowest BCUT2D eigenvalue weighted by Crippen LogP contribution is -2.41. The molecule has 2 amide bonds. The van der Waals surface area contributed by atoms with Gasteiger partial charge >= 0.3 is 6.03 Å². The van der Waals surface area contributed by atoms with Crippen molar-refractivity contribution in [2.45, 2.75) is 32.7 Å². The van der Waals surface area contributed by atoms with E-state index in [1.165, 1.54) is 0 Å². The third-order valence-corrected chi connectivity index (χ3v) is 2.81. The van der Waals surface area contributed by atoms with Crippen molar-refractivity contribution in [3.8, 4) is 0 Å². The maximum Gasteiger partial charge on any atom is 0.315 e. The zero-order valence-corrected chi connectivity index (χ0v) is 11.1. The van der Waals surface area contributed by atoms with Crippen LogP contribution in [-0.2, 0) is 6.42 Å². The Hall–Kier alpha value is -1.22. The minimum absolute atomic E-state index is 0.110. The number of halogens is 1. The van der Waals surface area contributed by atoms with E-state index in [-0.39, 0.29) is 12.1 Å². The summed E-state index contributed by atoms with van der Waals surface area (Å²) in [6, 6.07) is 7.77. The number of hydrogen-bond acceptors (Lipinski definition) is 1. The molecule has 0 saturated heterocycles. The molecule has 0 heterocycles. The second kappa shape index (κ2) is 7.17. The number of carbonyl (C=O) groups is 1. The van der Waals surface area contributed by atoms with Crippen LogP contribution in [0.25, 0.3) is 0 Å². The first-order chi connectivity index (χ1) is 8.11. The quantitative estimate of drug-likeness (QED) is 0.833. The summed E-state index contributed by atoms with van der Waals surface area (Å²) in [5.74, 6) is 0. The normalized spacial score (nSPS) is 11.9. The molecule has 1 atom stereocenters. The number of rotatable bonds is 5. The van der Waals surface area contributed by atoms with Crippen LogP contribution in [0, 0.1) is 0 Å². The number of carbonyl (C=O) groups excluding carboxylic acids is 1. The van der Waals surface area contributed by atoms with Crippen LogP contribution in [0.15, 0.2) is 24.3 Å². The fourth-order valence-electron chi connectivity index (χ4n) is 1.39. The van der Waals surface area contributed by atoms with Gasteiger partial charge in [-0.1, -0.05) is 30.7 Å². The van der Waals surface area contributed by atoms with E-state index in [1.54, 1.807) is 0 Å². The summed E-state index contributed by atoms with van der Waals surface area (Å²) in [4.78, 5) is 11.4. The molecule has 0 aliphatic carbocycles.